The van der Waals surface area contributed by atoms with E-state index in [0.717, 1.165) is 33.0 Å². The highest BCUT2D eigenvalue weighted by molar-refractivity contribution is 5.97. The Morgan fingerprint density at radius 2 is 0.736 bits per heavy atom. The normalized spacial score (nSPS) is 13.1. The van der Waals surface area contributed by atoms with E-state index in [1.807, 2.05) is 18.2 Å². The second-order valence-electron chi connectivity index (χ2n) is 13.9. The molecule has 9 aromatic rings. The summed E-state index contributed by atoms with van der Waals surface area (Å²) in [6, 6.07) is 67.4. The Morgan fingerprint density at radius 3 is 1.40 bits per heavy atom. The minimum absolute atomic E-state index is 0.369. The Balaban J connectivity index is 1.05. The fraction of sp³-hybridized carbons (Fsp3) is 0.0200. The molecule has 3 nitrogen and oxygen atoms in total. The molecular formula is C50H31N3. The molecule has 0 fully saturated rings. The van der Waals surface area contributed by atoms with Gasteiger partial charge in [0.15, 0.2) is 17.5 Å². The molecule has 53 heavy (non-hydrogen) atoms. The number of nitrogens with zero attached hydrogens (tertiary/aromatic N) is 3. The van der Waals surface area contributed by atoms with Crippen molar-refractivity contribution in [3.8, 4) is 67.5 Å². The minimum atomic E-state index is -0.369. The van der Waals surface area contributed by atoms with E-state index < -0.39 is 0 Å². The number of fused-ring (bicyclic) bond motifs is 11. The Bertz CT molecular complexity index is 2820. The average Bonchev–Trinajstić information content (AvgIpc) is 3.71. The minimum Gasteiger partial charge on any atom is -0.208 e. The van der Waals surface area contributed by atoms with Crippen molar-refractivity contribution in [3.05, 3.63) is 210 Å². The highest BCUT2D eigenvalue weighted by atomic mass is 15.0. The fourth-order valence-corrected chi connectivity index (χ4v) is 8.85. The van der Waals surface area contributed by atoms with Crippen LogP contribution in [0.3, 0.4) is 0 Å². The van der Waals surface area contributed by atoms with Crippen LogP contribution in [0.2, 0.25) is 0 Å². The van der Waals surface area contributed by atoms with Gasteiger partial charge in [0.1, 0.15) is 0 Å². The Hall–Kier alpha value is -6.97. The lowest BCUT2D eigenvalue weighted by atomic mass is 9.70. The number of hydrogen-bond donors (Lipinski definition) is 0. The standard InChI is InChI=1S/C50H31N3/c1-2-14-34(15-3-1)47-51-48(53-49(52-47)42-21-12-16-33-13-4-5-17-37(33)42)35-27-25-32(26-28-35)36-29-30-41-40-20-8-11-24-45(40)50(46(41)31-36)43-22-9-6-18-38(43)39-19-7-10-23-44(39)50/h1-31H. The molecule has 11 rings (SSSR count). The topological polar surface area (TPSA) is 38.7 Å². The molecule has 0 saturated carbocycles. The summed E-state index contributed by atoms with van der Waals surface area (Å²) in [5.74, 6) is 1.97. The molecule has 2 aliphatic carbocycles. The van der Waals surface area contributed by atoms with Gasteiger partial charge in [0.2, 0.25) is 0 Å². The van der Waals surface area contributed by atoms with Gasteiger partial charge in [-0.25, -0.2) is 15.0 Å². The van der Waals surface area contributed by atoms with Crippen molar-refractivity contribution in [3.63, 3.8) is 0 Å². The van der Waals surface area contributed by atoms with Crippen LogP contribution in [0.5, 0.6) is 0 Å². The van der Waals surface area contributed by atoms with E-state index in [9.17, 15) is 0 Å². The molecule has 8 aromatic carbocycles. The molecule has 1 heterocycles. The largest absolute Gasteiger partial charge is 0.208 e. The lowest BCUT2D eigenvalue weighted by Gasteiger charge is -2.30. The number of hydrogen-bond acceptors (Lipinski definition) is 3. The van der Waals surface area contributed by atoms with Crippen molar-refractivity contribution < 1.29 is 0 Å². The second kappa shape index (κ2) is 11.5. The summed E-state index contributed by atoms with van der Waals surface area (Å²) in [6.45, 7) is 0. The average molecular weight is 674 g/mol. The summed E-state index contributed by atoms with van der Waals surface area (Å²) in [4.78, 5) is 15.1. The highest BCUT2D eigenvalue weighted by Crippen LogP contribution is 2.63. The van der Waals surface area contributed by atoms with Crippen LogP contribution in [0.15, 0.2) is 188 Å². The summed E-state index contributed by atoms with van der Waals surface area (Å²) in [5.41, 5.74) is 15.5. The first-order valence-corrected chi connectivity index (χ1v) is 18.1. The first kappa shape index (κ1) is 29.7. The number of aromatic nitrogens is 3. The molecule has 0 atom stereocenters. The van der Waals surface area contributed by atoms with Gasteiger partial charge >= 0.3 is 0 Å². The summed E-state index contributed by atoms with van der Waals surface area (Å²) in [6.07, 6.45) is 0. The summed E-state index contributed by atoms with van der Waals surface area (Å²) in [7, 11) is 0. The first-order chi connectivity index (χ1) is 26.3. The molecule has 0 saturated heterocycles. The van der Waals surface area contributed by atoms with Crippen molar-refractivity contribution in [2.45, 2.75) is 5.41 Å². The van der Waals surface area contributed by atoms with E-state index >= 15 is 0 Å². The zero-order valence-corrected chi connectivity index (χ0v) is 28.7. The highest BCUT2D eigenvalue weighted by Gasteiger charge is 2.51. The molecule has 1 spiro atoms. The lowest BCUT2D eigenvalue weighted by molar-refractivity contribution is 0.794. The molecule has 0 aliphatic heterocycles. The maximum Gasteiger partial charge on any atom is 0.164 e. The molecule has 2 aliphatic rings. The van der Waals surface area contributed by atoms with Crippen molar-refractivity contribution in [2.75, 3.05) is 0 Å². The van der Waals surface area contributed by atoms with Gasteiger partial charge in [-0.3, -0.25) is 0 Å². The van der Waals surface area contributed by atoms with Gasteiger partial charge in [0, 0.05) is 16.7 Å². The molecule has 3 heteroatoms. The van der Waals surface area contributed by atoms with Crippen LogP contribution >= 0.6 is 0 Å². The van der Waals surface area contributed by atoms with Crippen molar-refractivity contribution >= 4 is 10.8 Å². The van der Waals surface area contributed by atoms with Gasteiger partial charge in [0.25, 0.3) is 0 Å². The molecule has 246 valence electrons. The van der Waals surface area contributed by atoms with Crippen LogP contribution in [-0.4, -0.2) is 15.0 Å². The lowest BCUT2D eigenvalue weighted by Crippen LogP contribution is -2.25. The predicted molar refractivity (Wildman–Crippen MR) is 215 cm³/mol. The third-order valence-electron chi connectivity index (χ3n) is 11.2. The molecule has 0 unspecified atom stereocenters. The van der Waals surface area contributed by atoms with Gasteiger partial charge in [-0.05, 0) is 72.5 Å². The van der Waals surface area contributed by atoms with Crippen LogP contribution in [0, 0.1) is 0 Å². The van der Waals surface area contributed by atoms with E-state index in [1.54, 1.807) is 0 Å². The summed E-state index contributed by atoms with van der Waals surface area (Å²) in [5, 5.41) is 2.27. The van der Waals surface area contributed by atoms with Gasteiger partial charge in [-0.1, -0.05) is 182 Å². The van der Waals surface area contributed by atoms with Crippen molar-refractivity contribution in [2.24, 2.45) is 0 Å². The summed E-state index contributed by atoms with van der Waals surface area (Å²) >= 11 is 0. The Kier molecular flexibility index (Phi) is 6.47. The van der Waals surface area contributed by atoms with Crippen LogP contribution in [0.4, 0.5) is 0 Å². The second-order valence-corrected chi connectivity index (χ2v) is 13.9. The van der Waals surface area contributed by atoms with E-state index in [4.69, 9.17) is 15.0 Å². The fourth-order valence-electron chi connectivity index (χ4n) is 8.85. The van der Waals surface area contributed by atoms with Crippen LogP contribution in [-0.2, 0) is 5.41 Å². The van der Waals surface area contributed by atoms with Crippen LogP contribution in [0.25, 0.3) is 78.3 Å². The zero-order chi connectivity index (χ0) is 34.9. The molecule has 0 N–H and O–H groups in total. The third kappa shape index (κ3) is 4.38. The maximum atomic E-state index is 5.09. The molecule has 1 aromatic heterocycles. The van der Waals surface area contributed by atoms with E-state index in [2.05, 4.69) is 170 Å². The number of rotatable bonds is 4. The monoisotopic (exact) mass is 673 g/mol. The van der Waals surface area contributed by atoms with Crippen molar-refractivity contribution in [1.82, 2.24) is 15.0 Å². The third-order valence-corrected chi connectivity index (χ3v) is 11.2. The van der Waals surface area contributed by atoms with Gasteiger partial charge in [0.05, 0.1) is 5.41 Å². The zero-order valence-electron chi connectivity index (χ0n) is 28.7. The molecule has 0 bridgehead atoms. The van der Waals surface area contributed by atoms with Crippen LogP contribution in [0.1, 0.15) is 22.3 Å². The quantitative estimate of drug-likeness (QED) is 0.187. The van der Waals surface area contributed by atoms with E-state index in [1.165, 1.54) is 50.1 Å². The van der Waals surface area contributed by atoms with Gasteiger partial charge < -0.3 is 0 Å². The first-order valence-electron chi connectivity index (χ1n) is 18.1. The Morgan fingerprint density at radius 1 is 0.283 bits per heavy atom. The smallest absolute Gasteiger partial charge is 0.164 e. The van der Waals surface area contributed by atoms with Crippen molar-refractivity contribution in [1.29, 1.82) is 0 Å². The Labute approximate surface area is 308 Å². The summed E-state index contributed by atoms with van der Waals surface area (Å²) < 4.78 is 0. The molecule has 0 radical (unpaired) electrons. The predicted octanol–water partition coefficient (Wildman–Crippen LogP) is 12.0. The molecule has 0 amide bonds. The van der Waals surface area contributed by atoms with Crippen LogP contribution < -0.4 is 0 Å². The SMILES string of the molecule is c1ccc(-c2nc(-c3ccc(-c4ccc5c(c4)C4(c6ccccc6-c6ccccc64)c4ccccc4-5)cc3)nc(-c3cccc4ccccc34)n2)cc1. The molecular weight excluding hydrogens is 643 g/mol. The maximum absolute atomic E-state index is 5.09. The van der Waals surface area contributed by atoms with Gasteiger partial charge in [-0.2, -0.15) is 0 Å². The van der Waals surface area contributed by atoms with E-state index in [0.29, 0.717) is 17.5 Å². The number of benzene rings is 8. The van der Waals surface area contributed by atoms with E-state index in [-0.39, 0.29) is 5.41 Å². The van der Waals surface area contributed by atoms with Gasteiger partial charge in [-0.15, -0.1) is 0 Å².